The van der Waals surface area contributed by atoms with E-state index < -0.39 is 18.0 Å². The Hall–Kier alpha value is -1.51. The maximum atomic E-state index is 12.9. The third kappa shape index (κ3) is 15.3. The molecule has 0 aliphatic rings. The number of amides is 2. The number of nitrogens with one attached hydrogen (secondary N) is 1. The van der Waals surface area contributed by atoms with Crippen LogP contribution in [0.3, 0.4) is 0 Å². The monoisotopic (exact) mass is 455 g/mol. The van der Waals surface area contributed by atoms with Gasteiger partial charge in [-0.3, -0.25) is 15.0 Å². The maximum Gasteiger partial charge on any atom is 0.255 e. The van der Waals surface area contributed by atoms with Gasteiger partial charge in [-0.1, -0.05) is 64.7 Å². The number of rotatable bonds is 21. The Morgan fingerprint density at radius 2 is 1.34 bits per heavy atom. The quantitative estimate of drug-likeness (QED) is 0.119. The van der Waals surface area contributed by atoms with Crippen LogP contribution in [-0.4, -0.2) is 48.3 Å². The molecule has 0 rings (SSSR count). The van der Waals surface area contributed by atoms with Gasteiger partial charge in [-0.25, -0.2) is 5.01 Å². The van der Waals surface area contributed by atoms with Crippen LogP contribution in [0.4, 0.5) is 0 Å². The number of nitrogens with zero attached hydrogens (tertiary/aromatic N) is 1. The lowest BCUT2D eigenvalue weighted by atomic mass is 10.1. The minimum absolute atomic E-state index is 0.236. The Balaban J connectivity index is 4.65. The summed E-state index contributed by atoms with van der Waals surface area (Å²) in [5.74, 6) is -0.673. The zero-order chi connectivity index (χ0) is 24.0. The van der Waals surface area contributed by atoms with Crippen molar-refractivity contribution in [2.24, 2.45) is 17.2 Å². The molecule has 32 heavy (non-hydrogen) atoms. The van der Waals surface area contributed by atoms with Crippen molar-refractivity contribution in [2.75, 3.05) is 13.1 Å². The molecule has 2 amide bonds. The maximum absolute atomic E-state index is 12.9. The number of hydrogen-bond donors (Lipinski definition) is 4. The number of carbonyl (C=O) groups excluding carboxylic acids is 3. The summed E-state index contributed by atoms with van der Waals surface area (Å²) in [5, 5.41) is 1.21. The molecule has 2 unspecified atom stereocenters. The third-order valence-electron chi connectivity index (χ3n) is 5.74. The van der Waals surface area contributed by atoms with Gasteiger partial charge in [0, 0.05) is 6.42 Å². The van der Waals surface area contributed by atoms with Gasteiger partial charge in [0.2, 0.25) is 5.91 Å². The van der Waals surface area contributed by atoms with Gasteiger partial charge in [-0.2, -0.15) is 0 Å². The van der Waals surface area contributed by atoms with Gasteiger partial charge < -0.3 is 22.0 Å². The highest BCUT2D eigenvalue weighted by Crippen LogP contribution is 2.13. The number of carbonyl (C=O) groups is 3. The van der Waals surface area contributed by atoms with Crippen molar-refractivity contribution in [3.8, 4) is 0 Å². The standard InChI is InChI=1S/C24H49N5O3/c1-2-3-4-5-6-7-8-9-10-17-23(31)29(21(20-30)15-11-13-18-25)28-24(32)22(27)16-12-14-19-26/h20-22H,2-19,25-27H2,1H3,(H,28,32). The van der Waals surface area contributed by atoms with Gasteiger partial charge in [0.25, 0.3) is 5.91 Å². The lowest BCUT2D eigenvalue weighted by molar-refractivity contribution is -0.147. The summed E-state index contributed by atoms with van der Waals surface area (Å²) < 4.78 is 0. The Bertz CT molecular complexity index is 490. The van der Waals surface area contributed by atoms with Gasteiger partial charge in [0.15, 0.2) is 0 Å². The molecule has 7 N–H and O–H groups in total. The van der Waals surface area contributed by atoms with E-state index in [1.54, 1.807) is 0 Å². The molecule has 188 valence electrons. The van der Waals surface area contributed by atoms with E-state index in [4.69, 9.17) is 17.2 Å². The summed E-state index contributed by atoms with van der Waals surface area (Å²) in [7, 11) is 0. The van der Waals surface area contributed by atoms with Crippen LogP contribution in [0.1, 0.15) is 110 Å². The normalized spacial score (nSPS) is 12.9. The second-order valence-corrected chi connectivity index (χ2v) is 8.70. The number of nitrogens with two attached hydrogens (primary N) is 3. The fraction of sp³-hybridized carbons (Fsp3) is 0.875. The molecule has 0 spiro atoms. The first-order valence-corrected chi connectivity index (χ1v) is 12.7. The molecular formula is C24H49N5O3. The Labute approximate surface area is 195 Å². The van der Waals surface area contributed by atoms with E-state index in [-0.39, 0.29) is 5.91 Å². The Morgan fingerprint density at radius 1 is 0.812 bits per heavy atom. The molecule has 0 aliphatic heterocycles. The molecule has 8 heteroatoms. The van der Waals surface area contributed by atoms with Crippen molar-refractivity contribution in [1.29, 1.82) is 0 Å². The van der Waals surface area contributed by atoms with E-state index in [9.17, 15) is 14.4 Å². The van der Waals surface area contributed by atoms with E-state index >= 15 is 0 Å². The minimum Gasteiger partial charge on any atom is -0.330 e. The van der Waals surface area contributed by atoms with Crippen LogP contribution in [0.5, 0.6) is 0 Å². The zero-order valence-electron chi connectivity index (χ0n) is 20.4. The molecule has 0 heterocycles. The highest BCUT2D eigenvalue weighted by atomic mass is 16.2. The van der Waals surface area contributed by atoms with Crippen molar-refractivity contribution < 1.29 is 14.4 Å². The van der Waals surface area contributed by atoms with Crippen LogP contribution < -0.4 is 22.6 Å². The van der Waals surface area contributed by atoms with Crippen molar-refractivity contribution >= 4 is 18.1 Å². The van der Waals surface area contributed by atoms with Gasteiger partial charge in [0.05, 0.1) is 6.04 Å². The van der Waals surface area contributed by atoms with Crippen LogP contribution in [0.2, 0.25) is 0 Å². The van der Waals surface area contributed by atoms with E-state index in [1.165, 1.54) is 43.5 Å². The van der Waals surface area contributed by atoms with Crippen molar-refractivity contribution in [3.05, 3.63) is 0 Å². The van der Waals surface area contributed by atoms with Crippen molar-refractivity contribution in [3.63, 3.8) is 0 Å². The van der Waals surface area contributed by atoms with Crippen molar-refractivity contribution in [2.45, 2.75) is 122 Å². The number of unbranched alkanes of at least 4 members (excludes halogenated alkanes) is 10. The smallest absolute Gasteiger partial charge is 0.255 e. The predicted octanol–water partition coefficient (Wildman–Crippen LogP) is 2.92. The Kier molecular flexibility index (Phi) is 20.3. The number of hydrogen-bond acceptors (Lipinski definition) is 6. The minimum atomic E-state index is -0.735. The SMILES string of the molecule is CCCCCCCCCCCC(=O)N(NC(=O)C(N)CCCCN)C(C=O)CCCCN. The first kappa shape index (κ1) is 30.5. The summed E-state index contributed by atoms with van der Waals surface area (Å²) >= 11 is 0. The lowest BCUT2D eigenvalue weighted by Gasteiger charge is -2.30. The van der Waals surface area contributed by atoms with E-state index in [0.717, 1.165) is 44.8 Å². The van der Waals surface area contributed by atoms with Crippen LogP contribution in [0, 0.1) is 0 Å². The molecule has 0 fully saturated rings. The van der Waals surface area contributed by atoms with E-state index in [1.807, 2.05) is 0 Å². The average Bonchev–Trinajstić information content (AvgIpc) is 2.79. The first-order chi connectivity index (χ1) is 15.5. The first-order valence-electron chi connectivity index (χ1n) is 12.7. The molecule has 0 saturated carbocycles. The zero-order valence-corrected chi connectivity index (χ0v) is 20.4. The molecule has 0 aromatic carbocycles. The van der Waals surface area contributed by atoms with Crippen molar-refractivity contribution in [1.82, 2.24) is 10.4 Å². The topological polar surface area (TPSA) is 145 Å². The fourth-order valence-electron chi connectivity index (χ4n) is 3.63. The second-order valence-electron chi connectivity index (χ2n) is 8.70. The molecule has 8 nitrogen and oxygen atoms in total. The summed E-state index contributed by atoms with van der Waals surface area (Å²) in [6.07, 6.45) is 15.4. The van der Waals surface area contributed by atoms with Crippen LogP contribution in [-0.2, 0) is 14.4 Å². The molecular weight excluding hydrogens is 406 g/mol. The van der Waals surface area contributed by atoms with Gasteiger partial charge >= 0.3 is 0 Å². The van der Waals surface area contributed by atoms with Gasteiger partial charge in [-0.15, -0.1) is 0 Å². The second kappa shape index (κ2) is 21.3. The van der Waals surface area contributed by atoms with Gasteiger partial charge in [-0.05, 0) is 51.6 Å². The lowest BCUT2D eigenvalue weighted by Crippen LogP contribution is -2.56. The largest absolute Gasteiger partial charge is 0.330 e. The van der Waals surface area contributed by atoms with Crippen LogP contribution in [0.15, 0.2) is 0 Å². The third-order valence-corrected chi connectivity index (χ3v) is 5.74. The van der Waals surface area contributed by atoms with Crippen LogP contribution in [0.25, 0.3) is 0 Å². The summed E-state index contributed by atoms with van der Waals surface area (Å²) in [6, 6.07) is -1.44. The summed E-state index contributed by atoms with van der Waals surface area (Å²) in [4.78, 5) is 37.1. The van der Waals surface area contributed by atoms with E-state index in [0.29, 0.717) is 38.8 Å². The molecule has 2 atom stereocenters. The van der Waals surface area contributed by atoms with E-state index in [2.05, 4.69) is 12.3 Å². The molecule has 0 saturated heterocycles. The summed E-state index contributed by atoms with van der Waals surface area (Å²) in [5.41, 5.74) is 19.6. The molecule has 0 radical (unpaired) electrons. The molecule has 0 aromatic heterocycles. The molecule has 0 aromatic rings. The predicted molar refractivity (Wildman–Crippen MR) is 130 cm³/mol. The molecule has 0 bridgehead atoms. The summed E-state index contributed by atoms with van der Waals surface area (Å²) in [6.45, 7) is 3.29. The highest BCUT2D eigenvalue weighted by Gasteiger charge is 2.26. The fourth-order valence-corrected chi connectivity index (χ4v) is 3.63. The average molecular weight is 456 g/mol. The van der Waals surface area contributed by atoms with Crippen LogP contribution >= 0.6 is 0 Å². The molecule has 0 aliphatic carbocycles. The highest BCUT2D eigenvalue weighted by molar-refractivity contribution is 5.86. The Morgan fingerprint density at radius 3 is 1.88 bits per heavy atom. The van der Waals surface area contributed by atoms with Gasteiger partial charge in [0.1, 0.15) is 12.3 Å². The number of hydrazine groups is 1. The number of aldehydes is 1.